The summed E-state index contributed by atoms with van der Waals surface area (Å²) in [6, 6.07) is 7.46. The summed E-state index contributed by atoms with van der Waals surface area (Å²) in [5.74, 6) is 0.556. The molecule has 9 nitrogen and oxygen atoms in total. The molecule has 2 aliphatic rings. The first-order valence-corrected chi connectivity index (χ1v) is 11.3. The number of carbonyl (C=O) groups is 1. The number of rotatable bonds is 6. The quantitative estimate of drug-likeness (QED) is 0.675. The normalized spacial score (nSPS) is 21.7. The maximum Gasteiger partial charge on any atom is 0.318 e. The van der Waals surface area contributed by atoms with Crippen LogP contribution in [0.4, 0.5) is 6.01 Å². The van der Waals surface area contributed by atoms with Crippen LogP contribution in [-0.2, 0) is 0 Å². The van der Waals surface area contributed by atoms with Gasteiger partial charge in [0.25, 0.3) is 0 Å². The van der Waals surface area contributed by atoms with Crippen molar-refractivity contribution in [3.63, 3.8) is 0 Å². The van der Waals surface area contributed by atoms with Crippen molar-refractivity contribution >= 4 is 23.5 Å². The number of nitrogens with one attached hydrogen (secondary N) is 1. The maximum atomic E-state index is 12.5. The first-order valence-electron chi connectivity index (χ1n) is 10.9. The van der Waals surface area contributed by atoms with E-state index in [2.05, 4.69) is 15.5 Å². The Balaban J connectivity index is 1.24. The van der Waals surface area contributed by atoms with Crippen LogP contribution in [0, 0.1) is 17.2 Å². The number of ether oxygens (including phenoxy) is 1. The highest BCUT2D eigenvalue weighted by Gasteiger charge is 2.27. The van der Waals surface area contributed by atoms with E-state index in [0.717, 1.165) is 51.6 Å². The van der Waals surface area contributed by atoms with Gasteiger partial charge in [0, 0.05) is 31.8 Å². The zero-order valence-electron chi connectivity index (χ0n) is 17.7. The lowest BCUT2D eigenvalue weighted by Gasteiger charge is -2.29. The van der Waals surface area contributed by atoms with Gasteiger partial charge < -0.3 is 24.5 Å². The average Bonchev–Trinajstić information content (AvgIpc) is 3.31. The summed E-state index contributed by atoms with van der Waals surface area (Å²) in [5, 5.41) is 29.5. The van der Waals surface area contributed by atoms with Gasteiger partial charge in [-0.3, -0.25) is 4.79 Å². The Bertz CT molecular complexity index is 975. The molecule has 10 heteroatoms. The summed E-state index contributed by atoms with van der Waals surface area (Å²) < 4.78 is 11.6. The predicted octanol–water partition coefficient (Wildman–Crippen LogP) is 2.92. The molecule has 0 atom stereocenters. The van der Waals surface area contributed by atoms with Crippen LogP contribution in [0.5, 0.6) is 5.75 Å². The Hall–Kier alpha value is -2.83. The highest BCUT2D eigenvalue weighted by atomic mass is 35.5. The van der Waals surface area contributed by atoms with Gasteiger partial charge in [0.1, 0.15) is 11.8 Å². The van der Waals surface area contributed by atoms with Crippen molar-refractivity contribution < 1.29 is 19.1 Å². The van der Waals surface area contributed by atoms with Crippen LogP contribution < -0.4 is 15.0 Å². The van der Waals surface area contributed by atoms with Crippen molar-refractivity contribution in [1.29, 1.82) is 5.26 Å². The number of hydrogen-bond acceptors (Lipinski definition) is 8. The smallest absolute Gasteiger partial charge is 0.318 e. The summed E-state index contributed by atoms with van der Waals surface area (Å²) in [4.78, 5) is 14.5. The van der Waals surface area contributed by atoms with Crippen molar-refractivity contribution in [3.8, 4) is 11.8 Å². The van der Waals surface area contributed by atoms with Crippen LogP contribution in [0.1, 0.15) is 54.8 Å². The number of aromatic nitrogens is 2. The van der Waals surface area contributed by atoms with E-state index < -0.39 is 0 Å². The third-order valence-electron chi connectivity index (χ3n) is 6.13. The van der Waals surface area contributed by atoms with Crippen molar-refractivity contribution in [2.45, 2.75) is 50.7 Å². The van der Waals surface area contributed by atoms with Gasteiger partial charge in [0.15, 0.2) is 0 Å². The highest BCUT2D eigenvalue weighted by Crippen LogP contribution is 2.27. The number of piperidine rings is 1. The van der Waals surface area contributed by atoms with E-state index in [1.165, 1.54) is 0 Å². The van der Waals surface area contributed by atoms with Gasteiger partial charge in [0.2, 0.25) is 0 Å². The van der Waals surface area contributed by atoms with Gasteiger partial charge in [-0.25, -0.2) is 0 Å². The minimum Gasteiger partial charge on any atom is -0.490 e. The highest BCUT2D eigenvalue weighted by molar-refractivity contribution is 6.31. The Labute approximate surface area is 191 Å². The molecular weight excluding hydrogens is 434 g/mol. The third kappa shape index (κ3) is 5.31. The van der Waals surface area contributed by atoms with Crippen LogP contribution in [0.2, 0.25) is 5.02 Å². The van der Waals surface area contributed by atoms with Crippen LogP contribution in [0.15, 0.2) is 22.6 Å². The number of amides is 1. The summed E-state index contributed by atoms with van der Waals surface area (Å²) >= 11 is 6.07. The van der Waals surface area contributed by atoms with Crippen LogP contribution in [-0.4, -0.2) is 53.1 Å². The lowest BCUT2D eigenvalue weighted by Crippen LogP contribution is -2.39. The molecule has 0 bridgehead atoms. The second-order valence-electron chi connectivity index (χ2n) is 8.32. The van der Waals surface area contributed by atoms with Crippen molar-refractivity contribution in [3.05, 3.63) is 34.7 Å². The number of aliphatic hydroxyl groups is 1. The van der Waals surface area contributed by atoms with Crippen LogP contribution in [0.25, 0.3) is 0 Å². The minimum atomic E-state index is -0.364. The molecule has 170 valence electrons. The van der Waals surface area contributed by atoms with E-state index in [-0.39, 0.29) is 30.6 Å². The predicted molar refractivity (Wildman–Crippen MR) is 117 cm³/mol. The van der Waals surface area contributed by atoms with Gasteiger partial charge in [-0.15, -0.1) is 5.10 Å². The zero-order chi connectivity index (χ0) is 22.5. The van der Waals surface area contributed by atoms with E-state index >= 15 is 0 Å². The molecule has 1 amide bonds. The molecule has 32 heavy (non-hydrogen) atoms. The number of nitriles is 1. The fraction of sp³-hybridized carbons (Fsp3) is 0.545. The molecule has 1 aliphatic heterocycles. The van der Waals surface area contributed by atoms with Gasteiger partial charge >= 0.3 is 17.8 Å². The number of anilines is 1. The largest absolute Gasteiger partial charge is 0.490 e. The van der Waals surface area contributed by atoms with Crippen molar-refractivity contribution in [1.82, 2.24) is 15.5 Å². The zero-order valence-corrected chi connectivity index (χ0v) is 18.4. The topological polar surface area (TPSA) is 125 Å². The molecule has 4 rings (SSSR count). The number of benzene rings is 1. The number of nitrogens with zero attached hydrogens (tertiary/aromatic N) is 4. The third-order valence-corrected chi connectivity index (χ3v) is 6.44. The molecule has 0 unspecified atom stereocenters. The molecule has 1 aliphatic carbocycles. The summed E-state index contributed by atoms with van der Waals surface area (Å²) in [5.41, 5.74) is 0.421. The van der Waals surface area contributed by atoms with Gasteiger partial charge in [-0.1, -0.05) is 16.7 Å². The second-order valence-corrected chi connectivity index (χ2v) is 8.73. The fourth-order valence-corrected chi connectivity index (χ4v) is 4.38. The lowest BCUT2D eigenvalue weighted by molar-refractivity contribution is 0.0860. The number of hydrogen-bond donors (Lipinski definition) is 2. The SMILES string of the molecule is N#Cc1ccc(O[C@H]2CC[C@H](NC(=O)c3nnc(N4CCC(CO)CC4)o3)CC2)cc1Cl. The number of aliphatic hydroxyl groups excluding tert-OH is 1. The van der Waals surface area contributed by atoms with Crippen LogP contribution in [0.3, 0.4) is 0 Å². The maximum absolute atomic E-state index is 12.5. The summed E-state index contributed by atoms with van der Waals surface area (Å²) in [7, 11) is 0. The molecule has 2 fully saturated rings. The molecule has 1 saturated heterocycles. The lowest BCUT2D eigenvalue weighted by atomic mass is 9.93. The number of carbonyl (C=O) groups excluding carboxylic acids is 1. The molecule has 2 aromatic rings. The van der Waals surface area contributed by atoms with Gasteiger partial charge in [-0.05, 0) is 56.6 Å². The molecule has 2 heterocycles. The first kappa shape index (κ1) is 22.4. The van der Waals surface area contributed by atoms with E-state index in [4.69, 9.17) is 26.0 Å². The van der Waals surface area contributed by atoms with Gasteiger partial charge in [-0.2, -0.15) is 5.26 Å². The Morgan fingerprint density at radius 3 is 2.66 bits per heavy atom. The molecule has 2 N–H and O–H groups in total. The summed E-state index contributed by atoms with van der Waals surface area (Å²) in [6.07, 6.45) is 4.88. The van der Waals surface area contributed by atoms with E-state index in [1.54, 1.807) is 18.2 Å². The van der Waals surface area contributed by atoms with E-state index in [1.807, 2.05) is 11.0 Å². The Kier molecular flexibility index (Phi) is 7.12. The monoisotopic (exact) mass is 459 g/mol. The standard InChI is InChI=1S/C22H26ClN5O4/c23-19-11-18(4-1-15(19)12-24)31-17-5-2-16(3-6-17)25-20(30)21-26-27-22(32-21)28-9-7-14(13-29)8-10-28/h1,4,11,14,16-17,29H,2-3,5-10,13H2,(H,25,30)/t16-,17-. The van der Waals surface area contributed by atoms with Gasteiger partial charge in [0.05, 0.1) is 16.7 Å². The van der Waals surface area contributed by atoms with Crippen molar-refractivity contribution in [2.75, 3.05) is 24.6 Å². The molecule has 1 aromatic heterocycles. The number of halogens is 1. The Morgan fingerprint density at radius 2 is 2.00 bits per heavy atom. The fourth-order valence-electron chi connectivity index (χ4n) is 4.17. The molecule has 0 spiro atoms. The molecule has 1 aromatic carbocycles. The first-order chi connectivity index (χ1) is 15.6. The van der Waals surface area contributed by atoms with Crippen molar-refractivity contribution in [2.24, 2.45) is 5.92 Å². The average molecular weight is 460 g/mol. The molecule has 1 saturated carbocycles. The Morgan fingerprint density at radius 1 is 1.25 bits per heavy atom. The molecular formula is C22H26ClN5O4. The van der Waals surface area contributed by atoms with Crippen LogP contribution >= 0.6 is 11.6 Å². The second kappa shape index (κ2) is 10.2. The molecule has 0 radical (unpaired) electrons. The summed E-state index contributed by atoms with van der Waals surface area (Å²) in [6.45, 7) is 1.64. The van der Waals surface area contributed by atoms with E-state index in [9.17, 15) is 9.90 Å². The minimum absolute atomic E-state index is 0.0163. The van der Waals surface area contributed by atoms with E-state index in [0.29, 0.717) is 28.3 Å².